The Kier molecular flexibility index (Phi) is 4.26. The van der Waals surface area contributed by atoms with Crippen LogP contribution < -0.4 is 0 Å². The second-order valence-corrected chi connectivity index (χ2v) is 5.47. The maximum Gasteiger partial charge on any atom is 0.157 e. The van der Waals surface area contributed by atoms with E-state index in [0.717, 1.165) is 24.8 Å². The molecule has 0 aliphatic heterocycles. The Hall–Kier alpha value is -2.06. The summed E-state index contributed by atoms with van der Waals surface area (Å²) in [5.41, 5.74) is 1.50. The van der Waals surface area contributed by atoms with Crippen molar-refractivity contribution in [1.82, 2.24) is 0 Å². The number of nitriles is 2. The van der Waals surface area contributed by atoms with Crippen LogP contribution >= 0.6 is 0 Å². The van der Waals surface area contributed by atoms with E-state index in [1.807, 2.05) is 30.3 Å². The van der Waals surface area contributed by atoms with E-state index >= 15 is 0 Å². The van der Waals surface area contributed by atoms with Gasteiger partial charge in [-0.05, 0) is 24.3 Å². The lowest BCUT2D eigenvalue weighted by molar-refractivity contribution is 0.258. The van der Waals surface area contributed by atoms with E-state index in [1.54, 1.807) is 0 Å². The summed E-state index contributed by atoms with van der Waals surface area (Å²) in [6, 6.07) is 14.7. The number of nitrogens with zero attached hydrogens (tertiary/aromatic N) is 2. The smallest absolute Gasteiger partial charge is 0.157 e. The lowest BCUT2D eigenvalue weighted by atomic mass is 9.60. The summed E-state index contributed by atoms with van der Waals surface area (Å²) in [6.07, 6.45) is 4.89. The summed E-state index contributed by atoms with van der Waals surface area (Å²) >= 11 is 0. The van der Waals surface area contributed by atoms with Crippen LogP contribution in [0.4, 0.5) is 0 Å². The maximum absolute atomic E-state index is 9.73. The van der Waals surface area contributed by atoms with Gasteiger partial charge in [-0.2, -0.15) is 10.5 Å². The molecule has 0 aromatic heterocycles. The van der Waals surface area contributed by atoms with Crippen LogP contribution in [-0.2, 0) is 0 Å². The van der Waals surface area contributed by atoms with E-state index in [2.05, 4.69) is 32.1 Å². The van der Waals surface area contributed by atoms with Crippen LogP contribution in [0.15, 0.2) is 42.0 Å². The van der Waals surface area contributed by atoms with Gasteiger partial charge in [0.1, 0.15) is 0 Å². The molecule has 20 heavy (non-hydrogen) atoms. The van der Waals surface area contributed by atoms with Gasteiger partial charge in [0.15, 0.2) is 5.41 Å². The molecule has 0 heterocycles. The SMILES string of the molecule is CCC1=C[C@@H](c2ccccc2)C(C#N)(C#N)[C@H](CC)C1. The monoisotopic (exact) mass is 264 g/mol. The molecule has 102 valence electrons. The molecule has 2 heteroatoms. The van der Waals surface area contributed by atoms with Gasteiger partial charge >= 0.3 is 0 Å². The second kappa shape index (κ2) is 5.93. The summed E-state index contributed by atoms with van der Waals surface area (Å²) in [6.45, 7) is 4.22. The maximum atomic E-state index is 9.73. The molecule has 1 aromatic rings. The zero-order valence-corrected chi connectivity index (χ0v) is 12.1. The number of allylic oxidation sites excluding steroid dienone is 2. The molecule has 2 nitrogen and oxygen atoms in total. The van der Waals surface area contributed by atoms with Crippen LogP contribution in [0.5, 0.6) is 0 Å². The highest BCUT2D eigenvalue weighted by Gasteiger charge is 2.48. The third kappa shape index (κ3) is 2.23. The Balaban J connectivity index is 2.59. The van der Waals surface area contributed by atoms with Crippen molar-refractivity contribution < 1.29 is 0 Å². The largest absolute Gasteiger partial charge is 0.197 e. The summed E-state index contributed by atoms with van der Waals surface area (Å²) in [4.78, 5) is 0. The fourth-order valence-corrected chi connectivity index (χ4v) is 3.26. The number of rotatable bonds is 3. The average Bonchev–Trinajstić information content (AvgIpc) is 2.54. The average molecular weight is 264 g/mol. The molecule has 1 aromatic carbocycles. The second-order valence-electron chi connectivity index (χ2n) is 5.47. The lowest BCUT2D eigenvalue weighted by Gasteiger charge is -2.39. The van der Waals surface area contributed by atoms with E-state index in [-0.39, 0.29) is 11.8 Å². The Morgan fingerprint density at radius 3 is 2.30 bits per heavy atom. The first-order valence-electron chi connectivity index (χ1n) is 7.28. The molecule has 1 aliphatic rings. The zero-order valence-electron chi connectivity index (χ0n) is 12.1. The van der Waals surface area contributed by atoms with Gasteiger partial charge in [-0.25, -0.2) is 0 Å². The van der Waals surface area contributed by atoms with Crippen LogP contribution in [0.2, 0.25) is 0 Å². The van der Waals surface area contributed by atoms with Gasteiger partial charge in [0.2, 0.25) is 0 Å². The van der Waals surface area contributed by atoms with Crippen molar-refractivity contribution in [3.8, 4) is 12.1 Å². The van der Waals surface area contributed by atoms with E-state index in [4.69, 9.17) is 0 Å². The zero-order chi connectivity index (χ0) is 14.6. The van der Waals surface area contributed by atoms with E-state index in [9.17, 15) is 10.5 Å². The van der Waals surface area contributed by atoms with Crippen molar-refractivity contribution >= 4 is 0 Å². The molecule has 0 bridgehead atoms. The van der Waals surface area contributed by atoms with Crippen molar-refractivity contribution in [3.05, 3.63) is 47.5 Å². The highest BCUT2D eigenvalue weighted by molar-refractivity contribution is 5.39. The van der Waals surface area contributed by atoms with Crippen LogP contribution in [0.3, 0.4) is 0 Å². The standard InChI is InChI=1S/C18H20N2/c1-3-14-10-16(4-2)18(12-19,13-20)17(11-14)15-8-6-5-7-9-15/h5-9,11,16-17H,3-4,10H2,1-2H3/t16-,17+/m1/s1. The Labute approximate surface area is 121 Å². The van der Waals surface area contributed by atoms with E-state index < -0.39 is 5.41 Å². The molecule has 0 saturated carbocycles. The van der Waals surface area contributed by atoms with Gasteiger partial charge in [-0.15, -0.1) is 0 Å². The molecular weight excluding hydrogens is 244 g/mol. The van der Waals surface area contributed by atoms with Gasteiger partial charge in [-0.3, -0.25) is 0 Å². The lowest BCUT2D eigenvalue weighted by Crippen LogP contribution is -2.36. The van der Waals surface area contributed by atoms with Crippen molar-refractivity contribution in [3.63, 3.8) is 0 Å². The molecule has 0 amide bonds. The topological polar surface area (TPSA) is 47.6 Å². The minimum absolute atomic E-state index is 0.114. The van der Waals surface area contributed by atoms with Gasteiger partial charge in [0, 0.05) is 5.92 Å². The van der Waals surface area contributed by atoms with Crippen LogP contribution in [-0.4, -0.2) is 0 Å². The molecule has 2 atom stereocenters. The summed E-state index contributed by atoms with van der Waals surface area (Å²) in [5.74, 6) is -0.00462. The third-order valence-corrected chi connectivity index (χ3v) is 4.52. The first-order valence-corrected chi connectivity index (χ1v) is 7.28. The predicted octanol–water partition coefficient (Wildman–Crippen LogP) is 4.57. The number of hydrogen-bond acceptors (Lipinski definition) is 2. The Morgan fingerprint density at radius 1 is 1.15 bits per heavy atom. The molecule has 2 rings (SSSR count). The quantitative estimate of drug-likeness (QED) is 0.751. The van der Waals surface area contributed by atoms with Crippen LogP contribution in [0.1, 0.15) is 44.6 Å². The molecule has 0 unspecified atom stereocenters. The van der Waals surface area contributed by atoms with Gasteiger partial charge in [0.25, 0.3) is 0 Å². The van der Waals surface area contributed by atoms with Crippen molar-refractivity contribution in [2.24, 2.45) is 11.3 Å². The molecule has 0 N–H and O–H groups in total. The molecule has 0 fully saturated rings. The molecule has 1 aliphatic carbocycles. The van der Waals surface area contributed by atoms with Gasteiger partial charge in [-0.1, -0.05) is 62.2 Å². The van der Waals surface area contributed by atoms with E-state index in [0.29, 0.717) is 0 Å². The van der Waals surface area contributed by atoms with Crippen molar-refractivity contribution in [2.45, 2.75) is 39.0 Å². The highest BCUT2D eigenvalue weighted by atomic mass is 14.5. The summed E-state index contributed by atoms with van der Waals surface area (Å²) < 4.78 is 0. The minimum atomic E-state index is -0.936. The van der Waals surface area contributed by atoms with Gasteiger partial charge < -0.3 is 0 Å². The van der Waals surface area contributed by atoms with Crippen molar-refractivity contribution in [2.75, 3.05) is 0 Å². The first kappa shape index (κ1) is 14.4. The number of benzene rings is 1. The fraction of sp³-hybridized carbons (Fsp3) is 0.444. The normalized spacial score (nSPS) is 24.3. The van der Waals surface area contributed by atoms with Crippen LogP contribution in [0, 0.1) is 34.0 Å². The molecule has 0 radical (unpaired) electrons. The Morgan fingerprint density at radius 2 is 1.80 bits per heavy atom. The summed E-state index contributed by atoms with van der Waals surface area (Å²) in [7, 11) is 0. The third-order valence-electron chi connectivity index (χ3n) is 4.52. The highest BCUT2D eigenvalue weighted by Crippen LogP contribution is 2.50. The Bertz CT molecular complexity index is 558. The van der Waals surface area contributed by atoms with Crippen molar-refractivity contribution in [1.29, 1.82) is 10.5 Å². The van der Waals surface area contributed by atoms with Gasteiger partial charge in [0.05, 0.1) is 12.1 Å². The number of hydrogen-bond donors (Lipinski definition) is 0. The minimum Gasteiger partial charge on any atom is -0.197 e. The summed E-state index contributed by atoms with van der Waals surface area (Å²) in [5, 5.41) is 19.5. The molecule has 0 spiro atoms. The molecular formula is C18H20N2. The first-order chi connectivity index (χ1) is 9.71. The predicted molar refractivity (Wildman–Crippen MR) is 79.6 cm³/mol. The van der Waals surface area contributed by atoms with Crippen LogP contribution in [0.25, 0.3) is 0 Å². The van der Waals surface area contributed by atoms with E-state index in [1.165, 1.54) is 5.57 Å². The molecule has 0 saturated heterocycles. The fourth-order valence-electron chi connectivity index (χ4n) is 3.26.